The van der Waals surface area contributed by atoms with Crippen LogP contribution in [0.1, 0.15) is 155 Å². The molecule has 37 heavy (non-hydrogen) atoms. The number of aliphatic hydroxyl groups excluding tert-OH is 1. The molecule has 1 amide bonds. The van der Waals surface area contributed by atoms with E-state index in [1.807, 2.05) is 0 Å². The van der Waals surface area contributed by atoms with Crippen LogP contribution in [-0.2, 0) is 14.9 Å². The Morgan fingerprint density at radius 1 is 0.703 bits per heavy atom. The molecule has 0 heterocycles. The number of hydrogen-bond acceptors (Lipinski definition) is 4. The Labute approximate surface area is 229 Å². The summed E-state index contributed by atoms with van der Waals surface area (Å²) < 4.78 is 32.2. The van der Waals surface area contributed by atoms with Crippen LogP contribution in [0.2, 0.25) is 0 Å². The highest BCUT2D eigenvalue weighted by molar-refractivity contribution is 7.85. The standard InChI is InChI=1S/C30H59NO5S/c1-3-5-7-9-11-13-15-16-17-19-21-23-25-29(32)28(27-37(34,35)36)31-30(33)26-24-22-20-18-14-12-10-8-6-4-2/h8,10,28-29,32H,3-7,9,11-27H2,1-2H3,(H,31,33)(H,34,35,36)/b10-8-. The average molecular weight is 546 g/mol. The number of nitrogens with one attached hydrogen (secondary N) is 1. The minimum atomic E-state index is -4.29. The first-order valence-electron chi connectivity index (χ1n) is 15.4. The summed E-state index contributed by atoms with van der Waals surface area (Å²) in [6.45, 7) is 4.41. The Morgan fingerprint density at radius 2 is 1.19 bits per heavy atom. The molecule has 0 fully saturated rings. The van der Waals surface area contributed by atoms with E-state index in [4.69, 9.17) is 0 Å². The fourth-order valence-electron chi connectivity index (χ4n) is 4.63. The SMILES string of the molecule is CCC/C=C\CCCCCCCC(=O)NC(CS(=O)(=O)O)C(O)CCCCCCCCCCCCCC. The Bertz CT molecular complexity index is 650. The van der Waals surface area contributed by atoms with Gasteiger partial charge in [0, 0.05) is 6.42 Å². The van der Waals surface area contributed by atoms with Crippen LogP contribution >= 0.6 is 0 Å². The summed E-state index contributed by atoms with van der Waals surface area (Å²) in [6.07, 6.45) is 27.3. The molecule has 0 aromatic rings. The lowest BCUT2D eigenvalue weighted by Crippen LogP contribution is -2.47. The maximum atomic E-state index is 12.3. The van der Waals surface area contributed by atoms with Gasteiger partial charge in [0.25, 0.3) is 10.1 Å². The van der Waals surface area contributed by atoms with Crippen molar-refractivity contribution < 1.29 is 22.9 Å². The topological polar surface area (TPSA) is 104 Å². The number of carbonyl (C=O) groups excluding carboxylic acids is 1. The van der Waals surface area contributed by atoms with Crippen LogP contribution < -0.4 is 5.32 Å². The Balaban J connectivity index is 4.03. The first-order valence-corrected chi connectivity index (χ1v) is 17.0. The summed E-state index contributed by atoms with van der Waals surface area (Å²) in [7, 11) is -4.29. The van der Waals surface area contributed by atoms with Gasteiger partial charge in [0.2, 0.25) is 5.91 Å². The van der Waals surface area contributed by atoms with Crippen molar-refractivity contribution in [1.29, 1.82) is 0 Å². The monoisotopic (exact) mass is 545 g/mol. The third-order valence-electron chi connectivity index (χ3n) is 6.95. The fraction of sp³-hybridized carbons (Fsp3) is 0.900. The highest BCUT2D eigenvalue weighted by atomic mass is 32.2. The quantitative estimate of drug-likeness (QED) is 0.0553. The molecule has 0 radical (unpaired) electrons. The summed E-state index contributed by atoms with van der Waals surface area (Å²) >= 11 is 0. The number of rotatable bonds is 27. The number of hydrogen-bond donors (Lipinski definition) is 3. The highest BCUT2D eigenvalue weighted by Crippen LogP contribution is 2.15. The molecule has 0 aromatic carbocycles. The van der Waals surface area contributed by atoms with E-state index in [9.17, 15) is 22.9 Å². The average Bonchev–Trinajstić information content (AvgIpc) is 2.84. The number of amides is 1. The van der Waals surface area contributed by atoms with E-state index in [1.165, 1.54) is 64.2 Å². The number of allylic oxidation sites excluding steroid dienone is 2. The molecule has 7 heteroatoms. The lowest BCUT2D eigenvalue weighted by molar-refractivity contribution is -0.122. The molecule has 2 atom stereocenters. The van der Waals surface area contributed by atoms with E-state index < -0.39 is 28.0 Å². The molecule has 220 valence electrons. The maximum absolute atomic E-state index is 12.3. The second-order valence-corrected chi connectivity index (χ2v) is 12.2. The lowest BCUT2D eigenvalue weighted by atomic mass is 10.0. The maximum Gasteiger partial charge on any atom is 0.266 e. The van der Waals surface area contributed by atoms with Gasteiger partial charge in [0.1, 0.15) is 0 Å². The molecular weight excluding hydrogens is 486 g/mol. The molecule has 6 nitrogen and oxygen atoms in total. The van der Waals surface area contributed by atoms with Crippen molar-refractivity contribution in [3.8, 4) is 0 Å². The summed E-state index contributed by atoms with van der Waals surface area (Å²) in [4.78, 5) is 12.3. The molecule has 0 aliphatic carbocycles. The first-order chi connectivity index (χ1) is 17.8. The Morgan fingerprint density at radius 3 is 1.73 bits per heavy atom. The van der Waals surface area contributed by atoms with Gasteiger partial charge < -0.3 is 10.4 Å². The van der Waals surface area contributed by atoms with Crippen LogP contribution in [0.5, 0.6) is 0 Å². The van der Waals surface area contributed by atoms with Gasteiger partial charge in [-0.3, -0.25) is 9.35 Å². The van der Waals surface area contributed by atoms with E-state index in [0.717, 1.165) is 64.2 Å². The molecule has 0 spiro atoms. The van der Waals surface area contributed by atoms with Gasteiger partial charge in [-0.1, -0.05) is 129 Å². The third kappa shape index (κ3) is 26.5. The molecule has 0 saturated heterocycles. The molecule has 3 N–H and O–H groups in total. The number of carbonyl (C=O) groups is 1. The third-order valence-corrected chi connectivity index (χ3v) is 7.73. The second-order valence-electron chi connectivity index (χ2n) is 10.7. The van der Waals surface area contributed by atoms with Crippen LogP contribution in [0.15, 0.2) is 12.2 Å². The lowest BCUT2D eigenvalue weighted by Gasteiger charge is -2.23. The van der Waals surface area contributed by atoms with E-state index in [0.29, 0.717) is 12.8 Å². The normalized spacial score (nSPS) is 13.7. The first kappa shape index (κ1) is 36.1. The minimum absolute atomic E-state index is 0.259. The summed E-state index contributed by atoms with van der Waals surface area (Å²) in [5.41, 5.74) is 0. The number of unbranched alkanes of at least 4 members (excludes halogenated alkanes) is 17. The van der Waals surface area contributed by atoms with Gasteiger partial charge in [-0.2, -0.15) is 8.42 Å². The van der Waals surface area contributed by atoms with Gasteiger partial charge in [-0.25, -0.2) is 0 Å². The molecule has 0 bridgehead atoms. The highest BCUT2D eigenvalue weighted by Gasteiger charge is 2.26. The van der Waals surface area contributed by atoms with Crippen LogP contribution in [-0.4, -0.2) is 41.9 Å². The molecular formula is C30H59NO5S. The fourth-order valence-corrected chi connectivity index (χ4v) is 5.39. The minimum Gasteiger partial charge on any atom is -0.391 e. The molecule has 0 aliphatic heterocycles. The van der Waals surface area contributed by atoms with E-state index >= 15 is 0 Å². The molecule has 0 aromatic heterocycles. The second kappa shape index (κ2) is 25.4. The smallest absolute Gasteiger partial charge is 0.266 e. The molecule has 0 aliphatic rings. The zero-order valence-electron chi connectivity index (χ0n) is 24.1. The van der Waals surface area contributed by atoms with Crippen molar-refractivity contribution in [2.24, 2.45) is 0 Å². The van der Waals surface area contributed by atoms with Gasteiger partial charge in [-0.05, 0) is 32.1 Å². The Hall–Kier alpha value is -0.920. The van der Waals surface area contributed by atoms with E-state index in [1.54, 1.807) is 0 Å². The summed E-state index contributed by atoms with van der Waals surface area (Å²) in [5, 5.41) is 13.2. The van der Waals surface area contributed by atoms with Gasteiger partial charge in [0.05, 0.1) is 17.9 Å². The summed E-state index contributed by atoms with van der Waals surface area (Å²) in [6, 6.07) is -0.967. The van der Waals surface area contributed by atoms with Crippen molar-refractivity contribution >= 4 is 16.0 Å². The van der Waals surface area contributed by atoms with Gasteiger partial charge >= 0.3 is 0 Å². The van der Waals surface area contributed by atoms with Crippen molar-refractivity contribution in [2.45, 2.75) is 167 Å². The van der Waals surface area contributed by atoms with Crippen molar-refractivity contribution in [2.75, 3.05) is 5.75 Å². The zero-order valence-corrected chi connectivity index (χ0v) is 24.9. The van der Waals surface area contributed by atoms with Crippen LogP contribution in [0.25, 0.3) is 0 Å². The van der Waals surface area contributed by atoms with Gasteiger partial charge in [0.15, 0.2) is 0 Å². The molecule has 2 unspecified atom stereocenters. The summed E-state index contributed by atoms with van der Waals surface area (Å²) in [5.74, 6) is -0.908. The van der Waals surface area contributed by atoms with Crippen LogP contribution in [0.4, 0.5) is 0 Å². The van der Waals surface area contributed by atoms with Crippen molar-refractivity contribution in [3.05, 3.63) is 12.2 Å². The Kier molecular flexibility index (Phi) is 24.7. The van der Waals surface area contributed by atoms with Crippen molar-refractivity contribution in [1.82, 2.24) is 5.32 Å². The van der Waals surface area contributed by atoms with Gasteiger partial charge in [-0.15, -0.1) is 0 Å². The molecule has 0 rings (SSSR count). The van der Waals surface area contributed by atoms with Crippen molar-refractivity contribution in [3.63, 3.8) is 0 Å². The van der Waals surface area contributed by atoms with Crippen LogP contribution in [0, 0.1) is 0 Å². The van der Waals surface area contributed by atoms with Crippen LogP contribution in [0.3, 0.4) is 0 Å². The molecule has 0 saturated carbocycles. The predicted molar refractivity (Wildman–Crippen MR) is 156 cm³/mol. The van der Waals surface area contributed by atoms with E-state index in [-0.39, 0.29) is 5.91 Å². The zero-order chi connectivity index (χ0) is 27.6. The largest absolute Gasteiger partial charge is 0.391 e. The van der Waals surface area contributed by atoms with E-state index in [2.05, 4.69) is 31.3 Å². The number of aliphatic hydroxyl groups is 1. The predicted octanol–water partition coefficient (Wildman–Crippen LogP) is 7.90.